The minimum Gasteiger partial charge on any atom is -0.221 e. The van der Waals surface area contributed by atoms with E-state index in [0.717, 1.165) is 5.38 Å². The predicted molar refractivity (Wildman–Crippen MR) is 35.4 cm³/mol. The van der Waals surface area contributed by atoms with Crippen LogP contribution in [0.4, 0.5) is 12.7 Å². The molecule has 0 unspecified atom stereocenters. The number of rotatable bonds is 2. The molecule has 0 aliphatic heterocycles. The third-order valence-electron chi connectivity index (χ3n) is 0.937. The zero-order valence-corrected chi connectivity index (χ0v) is 7.00. The second kappa shape index (κ2) is 3.02. The zero-order valence-electron chi connectivity index (χ0n) is 5.37. The molecule has 1 rings (SSSR count). The van der Waals surface area contributed by atoms with Crippen molar-refractivity contribution in [3.05, 3.63) is 10.4 Å². The molecule has 0 fully saturated rings. The van der Waals surface area contributed by atoms with Gasteiger partial charge in [0, 0.05) is 5.38 Å². The molecule has 0 saturated heterocycles. The highest BCUT2D eigenvalue weighted by Crippen LogP contribution is 2.24. The summed E-state index contributed by atoms with van der Waals surface area (Å²) in [4.78, 5) is 2.89. The van der Waals surface area contributed by atoms with Gasteiger partial charge >= 0.3 is 10.2 Å². The largest absolute Gasteiger partial charge is 0.350 e. The molecular formula is C4H2F3NO2S2. The van der Waals surface area contributed by atoms with Gasteiger partial charge in [0.05, 0.1) is 0 Å². The van der Waals surface area contributed by atoms with Crippen molar-refractivity contribution >= 4 is 21.6 Å². The van der Waals surface area contributed by atoms with Gasteiger partial charge in [-0.25, -0.2) is 13.8 Å². The minimum absolute atomic E-state index is 0.404. The summed E-state index contributed by atoms with van der Waals surface area (Å²) >= 11 is 0.404. The van der Waals surface area contributed by atoms with E-state index in [4.69, 9.17) is 0 Å². The molecular weight excluding hydrogens is 215 g/mol. The number of aromatic nitrogens is 1. The van der Waals surface area contributed by atoms with Crippen LogP contribution in [-0.4, -0.2) is 13.4 Å². The lowest BCUT2D eigenvalue weighted by molar-refractivity contribution is 0.150. The third-order valence-corrected chi connectivity index (χ3v) is 2.65. The fourth-order valence-corrected chi connectivity index (χ4v) is 1.88. The number of nitrogens with zero attached hydrogens (tertiary/aromatic N) is 1. The lowest BCUT2D eigenvalue weighted by Gasteiger charge is -1.88. The first-order valence-corrected chi connectivity index (χ1v) is 4.86. The molecule has 0 aromatic carbocycles. The molecule has 0 saturated carbocycles. The summed E-state index contributed by atoms with van der Waals surface area (Å²) < 4.78 is 55.9. The number of hydrogen-bond donors (Lipinski definition) is 0. The van der Waals surface area contributed by atoms with Gasteiger partial charge in [0.25, 0.3) is 6.43 Å². The molecule has 0 aliphatic carbocycles. The van der Waals surface area contributed by atoms with E-state index in [-0.39, 0.29) is 0 Å². The summed E-state index contributed by atoms with van der Waals surface area (Å²) in [7, 11) is -4.95. The van der Waals surface area contributed by atoms with Gasteiger partial charge in [-0.3, -0.25) is 0 Å². The number of thiazole rings is 1. The van der Waals surface area contributed by atoms with Crippen LogP contribution in [0, 0.1) is 0 Å². The minimum atomic E-state index is -4.95. The molecule has 1 heterocycles. The Bertz CT molecular complexity index is 371. The van der Waals surface area contributed by atoms with Crippen LogP contribution in [0.3, 0.4) is 0 Å². The van der Waals surface area contributed by atoms with Crippen LogP contribution in [0.5, 0.6) is 0 Å². The van der Waals surface area contributed by atoms with Crippen LogP contribution < -0.4 is 0 Å². The Balaban J connectivity index is 3.09. The van der Waals surface area contributed by atoms with E-state index in [1.807, 2.05) is 0 Å². The van der Waals surface area contributed by atoms with E-state index >= 15 is 0 Å². The van der Waals surface area contributed by atoms with Gasteiger partial charge in [-0.05, 0) is 0 Å². The van der Waals surface area contributed by atoms with Crippen LogP contribution in [0.15, 0.2) is 10.4 Å². The summed E-state index contributed by atoms with van der Waals surface area (Å²) in [5, 5.41) is -0.925. The van der Waals surface area contributed by atoms with E-state index in [1.165, 1.54) is 0 Å². The van der Waals surface area contributed by atoms with Gasteiger partial charge in [-0.15, -0.1) is 11.3 Å². The van der Waals surface area contributed by atoms with Gasteiger partial charge in [0.2, 0.25) is 0 Å². The normalized spacial score (nSPS) is 12.3. The Morgan fingerprint density at radius 3 is 2.33 bits per heavy atom. The third kappa shape index (κ3) is 1.95. The monoisotopic (exact) mass is 217 g/mol. The van der Waals surface area contributed by atoms with Gasteiger partial charge < -0.3 is 0 Å². The first kappa shape index (κ1) is 9.46. The number of alkyl halides is 2. The van der Waals surface area contributed by atoms with E-state index in [9.17, 15) is 21.1 Å². The molecule has 0 N–H and O–H groups in total. The van der Waals surface area contributed by atoms with Crippen molar-refractivity contribution < 1.29 is 21.1 Å². The van der Waals surface area contributed by atoms with Gasteiger partial charge in [0.1, 0.15) is 0 Å². The van der Waals surface area contributed by atoms with Gasteiger partial charge in [0.15, 0.2) is 10.0 Å². The highest BCUT2D eigenvalue weighted by molar-refractivity contribution is 7.86. The summed E-state index contributed by atoms with van der Waals surface area (Å²) in [6.45, 7) is 0. The predicted octanol–water partition coefficient (Wildman–Crippen LogP) is 1.74. The Hall–Kier alpha value is -0.630. The smallest absolute Gasteiger partial charge is 0.221 e. The molecule has 68 valence electrons. The van der Waals surface area contributed by atoms with Gasteiger partial charge in [-0.2, -0.15) is 8.42 Å². The van der Waals surface area contributed by atoms with Crippen molar-refractivity contribution in [2.75, 3.05) is 0 Å². The van der Waals surface area contributed by atoms with Crippen molar-refractivity contribution in [3.8, 4) is 0 Å². The standard InChI is InChI=1S/C4H2F3NO2S2/c5-3(6)4-8-2(1-11-4)12(7,9)10/h1,3H. The quantitative estimate of drug-likeness (QED) is 0.709. The number of halogens is 3. The second-order valence-corrected chi connectivity index (χ2v) is 3.95. The van der Waals surface area contributed by atoms with Crippen LogP contribution >= 0.6 is 11.3 Å². The molecule has 0 amide bonds. The molecule has 8 heteroatoms. The maximum Gasteiger partial charge on any atom is 0.350 e. The summed E-state index contributed by atoms with van der Waals surface area (Å²) in [6.07, 6.45) is -2.87. The van der Waals surface area contributed by atoms with Crippen molar-refractivity contribution in [3.63, 3.8) is 0 Å². The van der Waals surface area contributed by atoms with Crippen LogP contribution in [0.25, 0.3) is 0 Å². The molecule has 1 aromatic rings. The van der Waals surface area contributed by atoms with Crippen LogP contribution in [-0.2, 0) is 10.2 Å². The molecule has 0 radical (unpaired) electrons. The van der Waals surface area contributed by atoms with E-state index < -0.39 is 26.7 Å². The molecule has 0 aliphatic rings. The maximum atomic E-state index is 12.1. The molecule has 0 atom stereocenters. The summed E-state index contributed by atoms with van der Waals surface area (Å²) in [6, 6.07) is 0. The lowest BCUT2D eigenvalue weighted by atomic mass is 10.7. The molecule has 0 bridgehead atoms. The van der Waals surface area contributed by atoms with Gasteiger partial charge in [-0.1, -0.05) is 3.89 Å². The average Bonchev–Trinajstić information content (AvgIpc) is 2.30. The van der Waals surface area contributed by atoms with E-state index in [2.05, 4.69) is 4.98 Å². The van der Waals surface area contributed by atoms with E-state index in [1.54, 1.807) is 0 Å². The number of hydrogen-bond acceptors (Lipinski definition) is 4. The Morgan fingerprint density at radius 2 is 2.08 bits per heavy atom. The first-order chi connectivity index (χ1) is 5.41. The zero-order chi connectivity index (χ0) is 9.35. The van der Waals surface area contributed by atoms with Crippen molar-refractivity contribution in [1.82, 2.24) is 4.98 Å². The Kier molecular flexibility index (Phi) is 2.38. The van der Waals surface area contributed by atoms with Crippen molar-refractivity contribution in [2.45, 2.75) is 11.5 Å². The van der Waals surface area contributed by atoms with Crippen LogP contribution in [0.1, 0.15) is 11.4 Å². The lowest BCUT2D eigenvalue weighted by Crippen LogP contribution is -1.92. The highest BCUT2D eigenvalue weighted by Gasteiger charge is 2.20. The maximum absolute atomic E-state index is 12.1. The molecule has 12 heavy (non-hydrogen) atoms. The van der Waals surface area contributed by atoms with Crippen molar-refractivity contribution in [2.24, 2.45) is 0 Å². The van der Waals surface area contributed by atoms with Crippen molar-refractivity contribution in [1.29, 1.82) is 0 Å². The molecule has 1 aromatic heterocycles. The first-order valence-electron chi connectivity index (χ1n) is 2.59. The van der Waals surface area contributed by atoms with Crippen LogP contribution in [0.2, 0.25) is 0 Å². The topological polar surface area (TPSA) is 47.0 Å². The fourth-order valence-electron chi connectivity index (χ4n) is 0.484. The summed E-state index contributed by atoms with van der Waals surface area (Å²) in [5.74, 6) is 0. The second-order valence-electron chi connectivity index (χ2n) is 1.76. The molecule has 3 nitrogen and oxygen atoms in total. The Labute approximate surface area is 70.1 Å². The highest BCUT2D eigenvalue weighted by atomic mass is 32.3. The fraction of sp³-hybridized carbons (Fsp3) is 0.250. The SMILES string of the molecule is O=S(=O)(F)c1csc(C(F)F)n1. The van der Waals surface area contributed by atoms with E-state index in [0.29, 0.717) is 11.3 Å². The Morgan fingerprint density at radius 1 is 1.50 bits per heavy atom. The summed E-state index contributed by atoms with van der Waals surface area (Å²) in [5.41, 5.74) is 0. The molecule has 0 spiro atoms. The average molecular weight is 217 g/mol.